The maximum absolute atomic E-state index is 13.2. The third kappa shape index (κ3) is 5.85. The molecule has 1 amide bonds. The van der Waals surface area contributed by atoms with Crippen LogP contribution in [0.25, 0.3) is 0 Å². The van der Waals surface area contributed by atoms with Gasteiger partial charge in [0.05, 0.1) is 5.56 Å². The SMILES string of the molecule is Cc1ccc(C(=O)N2CCC(c3ccc(C#N)cn3)CC2)cc1CC(=O)CC1CCOCC1. The van der Waals surface area contributed by atoms with Crippen molar-refractivity contribution in [2.75, 3.05) is 26.3 Å². The zero-order valence-corrected chi connectivity index (χ0v) is 19.3. The van der Waals surface area contributed by atoms with Crippen molar-refractivity contribution in [1.29, 1.82) is 5.26 Å². The molecule has 2 fully saturated rings. The molecule has 6 heteroatoms. The summed E-state index contributed by atoms with van der Waals surface area (Å²) in [6.07, 6.45) is 6.22. The number of hydrogen-bond donors (Lipinski definition) is 0. The van der Waals surface area contributed by atoms with Gasteiger partial charge in [-0.3, -0.25) is 14.6 Å². The van der Waals surface area contributed by atoms with E-state index in [1.807, 2.05) is 36.1 Å². The van der Waals surface area contributed by atoms with Gasteiger partial charge >= 0.3 is 0 Å². The average molecular weight is 446 g/mol. The summed E-state index contributed by atoms with van der Waals surface area (Å²) in [5.74, 6) is 0.992. The predicted octanol–water partition coefficient (Wildman–Crippen LogP) is 4.21. The average Bonchev–Trinajstić information content (AvgIpc) is 2.86. The molecule has 33 heavy (non-hydrogen) atoms. The first-order valence-corrected chi connectivity index (χ1v) is 11.9. The van der Waals surface area contributed by atoms with E-state index in [1.54, 1.807) is 12.3 Å². The van der Waals surface area contributed by atoms with Crippen LogP contribution in [0.1, 0.15) is 70.8 Å². The maximum Gasteiger partial charge on any atom is 0.253 e. The summed E-state index contributed by atoms with van der Waals surface area (Å²) in [6.45, 7) is 4.85. The van der Waals surface area contributed by atoms with Crippen molar-refractivity contribution in [3.05, 3.63) is 64.5 Å². The molecule has 2 aliphatic rings. The Morgan fingerprint density at radius 3 is 2.55 bits per heavy atom. The number of nitrogens with zero attached hydrogens (tertiary/aromatic N) is 3. The Hall–Kier alpha value is -3.04. The minimum atomic E-state index is 0.0272. The minimum absolute atomic E-state index is 0.0272. The number of carbonyl (C=O) groups excluding carboxylic acids is 2. The van der Waals surface area contributed by atoms with Crippen LogP contribution >= 0.6 is 0 Å². The van der Waals surface area contributed by atoms with Crippen molar-refractivity contribution >= 4 is 11.7 Å². The molecule has 0 N–H and O–H groups in total. The quantitative estimate of drug-likeness (QED) is 0.665. The van der Waals surface area contributed by atoms with Crippen molar-refractivity contribution in [1.82, 2.24) is 9.88 Å². The fourth-order valence-corrected chi connectivity index (χ4v) is 4.83. The topological polar surface area (TPSA) is 83.3 Å². The van der Waals surface area contributed by atoms with E-state index in [9.17, 15) is 9.59 Å². The van der Waals surface area contributed by atoms with Gasteiger partial charge in [-0.1, -0.05) is 6.07 Å². The molecule has 0 bridgehead atoms. The fourth-order valence-electron chi connectivity index (χ4n) is 4.83. The molecule has 1 aromatic heterocycles. The number of Topliss-reactive ketones (excluding diaryl/α,β-unsaturated/α-hetero) is 1. The summed E-state index contributed by atoms with van der Waals surface area (Å²) in [6, 6.07) is 11.6. The summed E-state index contributed by atoms with van der Waals surface area (Å²) in [5, 5.41) is 8.94. The van der Waals surface area contributed by atoms with Crippen molar-refractivity contribution in [2.24, 2.45) is 5.92 Å². The molecular weight excluding hydrogens is 414 g/mol. The summed E-state index contributed by atoms with van der Waals surface area (Å²) in [4.78, 5) is 32.2. The van der Waals surface area contributed by atoms with Crippen LogP contribution in [-0.2, 0) is 16.0 Å². The maximum atomic E-state index is 13.2. The lowest BCUT2D eigenvalue weighted by Gasteiger charge is -2.32. The number of benzene rings is 1. The first kappa shape index (κ1) is 23.1. The molecule has 0 aliphatic carbocycles. The van der Waals surface area contributed by atoms with Gasteiger partial charge in [0.1, 0.15) is 11.9 Å². The first-order valence-electron chi connectivity index (χ1n) is 11.9. The summed E-state index contributed by atoms with van der Waals surface area (Å²) >= 11 is 0. The van der Waals surface area contributed by atoms with Crippen LogP contribution < -0.4 is 0 Å². The molecule has 1 aromatic carbocycles. The van der Waals surface area contributed by atoms with E-state index < -0.39 is 0 Å². The van der Waals surface area contributed by atoms with Gasteiger partial charge < -0.3 is 9.64 Å². The highest BCUT2D eigenvalue weighted by Gasteiger charge is 2.26. The molecule has 0 unspecified atom stereocenters. The number of nitriles is 1. The lowest BCUT2D eigenvalue weighted by Crippen LogP contribution is -2.38. The lowest BCUT2D eigenvalue weighted by molar-refractivity contribution is -0.120. The van der Waals surface area contributed by atoms with Gasteiger partial charge in [0.2, 0.25) is 0 Å². The van der Waals surface area contributed by atoms with E-state index in [2.05, 4.69) is 11.1 Å². The first-order chi connectivity index (χ1) is 16.0. The second kappa shape index (κ2) is 10.7. The standard InChI is InChI=1S/C27H31N3O3/c1-19-2-4-23(15-24(19)16-25(31)14-20-8-12-33-13-9-20)27(32)30-10-6-22(7-11-30)26-5-3-21(17-28)18-29-26/h2-5,15,18,20,22H,6-14,16H2,1H3. The number of amides is 1. The molecule has 2 aromatic rings. The Morgan fingerprint density at radius 2 is 1.88 bits per heavy atom. The summed E-state index contributed by atoms with van der Waals surface area (Å²) in [5.41, 5.74) is 4.21. The van der Waals surface area contributed by atoms with Crippen LogP contribution in [0.5, 0.6) is 0 Å². The number of rotatable bonds is 6. The molecule has 0 radical (unpaired) electrons. The Labute approximate surface area is 195 Å². The predicted molar refractivity (Wildman–Crippen MR) is 125 cm³/mol. The Balaban J connectivity index is 1.35. The van der Waals surface area contributed by atoms with Crippen LogP contribution in [0, 0.1) is 24.2 Å². The van der Waals surface area contributed by atoms with Gasteiger partial charge in [0, 0.05) is 62.5 Å². The second-order valence-electron chi connectivity index (χ2n) is 9.27. The number of likely N-dealkylation sites (tertiary alicyclic amines) is 1. The number of pyridine rings is 1. The lowest BCUT2D eigenvalue weighted by atomic mass is 9.90. The molecule has 0 spiro atoms. The Kier molecular flexibility index (Phi) is 7.51. The van der Waals surface area contributed by atoms with Gasteiger partial charge in [0.15, 0.2) is 0 Å². The monoisotopic (exact) mass is 445 g/mol. The van der Waals surface area contributed by atoms with Gasteiger partial charge in [-0.15, -0.1) is 0 Å². The van der Waals surface area contributed by atoms with E-state index in [0.717, 1.165) is 55.7 Å². The van der Waals surface area contributed by atoms with Crippen LogP contribution in [0.2, 0.25) is 0 Å². The van der Waals surface area contributed by atoms with E-state index in [4.69, 9.17) is 10.00 Å². The summed E-state index contributed by atoms with van der Waals surface area (Å²) in [7, 11) is 0. The van der Waals surface area contributed by atoms with Crippen LogP contribution in [0.15, 0.2) is 36.5 Å². The van der Waals surface area contributed by atoms with Crippen molar-refractivity contribution in [2.45, 2.75) is 51.4 Å². The number of aromatic nitrogens is 1. The molecule has 0 saturated carbocycles. The van der Waals surface area contributed by atoms with E-state index in [0.29, 0.717) is 48.9 Å². The Morgan fingerprint density at radius 1 is 1.12 bits per heavy atom. The minimum Gasteiger partial charge on any atom is -0.381 e. The van der Waals surface area contributed by atoms with Gasteiger partial charge in [-0.25, -0.2) is 0 Å². The third-order valence-electron chi connectivity index (χ3n) is 6.96. The normalized spacial score (nSPS) is 17.5. The number of ketones is 1. The van der Waals surface area contributed by atoms with Gasteiger partial charge in [0.25, 0.3) is 5.91 Å². The number of carbonyl (C=O) groups is 2. The largest absolute Gasteiger partial charge is 0.381 e. The zero-order valence-electron chi connectivity index (χ0n) is 19.3. The third-order valence-corrected chi connectivity index (χ3v) is 6.96. The van der Waals surface area contributed by atoms with E-state index in [-0.39, 0.29) is 11.7 Å². The van der Waals surface area contributed by atoms with E-state index in [1.165, 1.54) is 0 Å². The van der Waals surface area contributed by atoms with Gasteiger partial charge in [-0.2, -0.15) is 5.26 Å². The summed E-state index contributed by atoms with van der Waals surface area (Å²) < 4.78 is 5.39. The van der Waals surface area contributed by atoms with E-state index >= 15 is 0 Å². The second-order valence-corrected chi connectivity index (χ2v) is 9.27. The van der Waals surface area contributed by atoms with Crippen molar-refractivity contribution in [3.63, 3.8) is 0 Å². The highest BCUT2D eigenvalue weighted by Crippen LogP contribution is 2.28. The highest BCUT2D eigenvalue weighted by atomic mass is 16.5. The Bertz CT molecular complexity index is 1030. The van der Waals surface area contributed by atoms with Crippen molar-refractivity contribution in [3.8, 4) is 6.07 Å². The molecule has 0 atom stereocenters. The number of piperidine rings is 1. The number of hydrogen-bond acceptors (Lipinski definition) is 5. The number of aryl methyl sites for hydroxylation is 1. The van der Waals surface area contributed by atoms with Gasteiger partial charge in [-0.05, 0) is 73.9 Å². The van der Waals surface area contributed by atoms with Crippen LogP contribution in [0.4, 0.5) is 0 Å². The zero-order chi connectivity index (χ0) is 23.2. The molecule has 3 heterocycles. The molecule has 2 saturated heterocycles. The smallest absolute Gasteiger partial charge is 0.253 e. The molecule has 172 valence electrons. The molecule has 2 aliphatic heterocycles. The van der Waals surface area contributed by atoms with Crippen LogP contribution in [0.3, 0.4) is 0 Å². The molecule has 4 rings (SSSR count). The van der Waals surface area contributed by atoms with Crippen molar-refractivity contribution < 1.29 is 14.3 Å². The number of ether oxygens (including phenoxy) is 1. The molecule has 6 nitrogen and oxygen atoms in total. The highest BCUT2D eigenvalue weighted by molar-refractivity contribution is 5.95. The molecular formula is C27H31N3O3. The van der Waals surface area contributed by atoms with Crippen LogP contribution in [-0.4, -0.2) is 47.9 Å². The fraction of sp³-hybridized carbons (Fsp3) is 0.481.